The molecule has 0 spiro atoms. The number of nitrogens with zero attached hydrogens (tertiary/aromatic N) is 2. The fourth-order valence-corrected chi connectivity index (χ4v) is 4.07. The molecule has 7 heteroatoms. The Morgan fingerprint density at radius 2 is 2.15 bits per heavy atom. The van der Waals surface area contributed by atoms with Crippen LogP contribution in [0.1, 0.15) is 32.1 Å². The van der Waals surface area contributed by atoms with Gasteiger partial charge in [0.05, 0.1) is 17.8 Å². The average Bonchev–Trinajstić information content (AvgIpc) is 3.33. The van der Waals surface area contributed by atoms with Gasteiger partial charge >= 0.3 is 0 Å². The number of aromatic nitrogens is 2. The van der Waals surface area contributed by atoms with Crippen LogP contribution in [0.4, 0.5) is 5.69 Å². The lowest BCUT2D eigenvalue weighted by atomic mass is 10.2. The van der Waals surface area contributed by atoms with E-state index in [2.05, 4.69) is 10.3 Å². The van der Waals surface area contributed by atoms with E-state index in [0.29, 0.717) is 17.6 Å². The number of nitrogens with one attached hydrogen (secondary N) is 1. The fourth-order valence-electron chi connectivity index (χ4n) is 3.34. The van der Waals surface area contributed by atoms with Gasteiger partial charge in [-0.25, -0.2) is 4.98 Å². The number of ether oxygens (including phenoxy) is 1. The molecule has 4 rings (SSSR count). The number of amides is 1. The highest BCUT2D eigenvalue weighted by atomic mass is 32.1. The van der Waals surface area contributed by atoms with Crippen LogP contribution in [0.5, 0.6) is 5.75 Å². The predicted octanol–water partition coefficient (Wildman–Crippen LogP) is 3.81. The molecule has 3 aromatic rings. The van der Waals surface area contributed by atoms with Crippen LogP contribution in [0.25, 0.3) is 10.2 Å². The monoisotopic (exact) mass is 383 g/mol. The van der Waals surface area contributed by atoms with Crippen LogP contribution in [0.15, 0.2) is 46.8 Å². The molecule has 0 radical (unpaired) electrons. The summed E-state index contributed by atoms with van der Waals surface area (Å²) in [5, 5.41) is 5.32. The molecule has 1 amide bonds. The summed E-state index contributed by atoms with van der Waals surface area (Å²) in [6.45, 7) is 0.293. The van der Waals surface area contributed by atoms with Crippen molar-refractivity contribution in [2.75, 3.05) is 5.32 Å². The zero-order chi connectivity index (χ0) is 18.6. The lowest BCUT2D eigenvalue weighted by Crippen LogP contribution is -2.23. The van der Waals surface area contributed by atoms with Crippen LogP contribution >= 0.6 is 11.3 Å². The number of carbonyl (C=O) groups is 1. The van der Waals surface area contributed by atoms with Crippen LogP contribution in [0, 0.1) is 0 Å². The first-order valence-electron chi connectivity index (χ1n) is 9.18. The summed E-state index contributed by atoms with van der Waals surface area (Å²) in [5.74, 6) is 0.633. The third-order valence-corrected chi connectivity index (χ3v) is 5.57. The Hall–Kier alpha value is -2.67. The van der Waals surface area contributed by atoms with Crippen LogP contribution < -0.4 is 15.6 Å². The van der Waals surface area contributed by atoms with E-state index in [1.165, 1.54) is 35.1 Å². The first-order valence-corrected chi connectivity index (χ1v) is 10.1. The average molecular weight is 383 g/mol. The molecular formula is C20H21N3O3S. The molecule has 0 aliphatic heterocycles. The number of fused-ring (bicyclic) bond motifs is 1. The summed E-state index contributed by atoms with van der Waals surface area (Å²) in [5.41, 5.74) is 0.593. The summed E-state index contributed by atoms with van der Waals surface area (Å²) in [6, 6.07) is 9.24. The van der Waals surface area contributed by atoms with Crippen molar-refractivity contribution >= 4 is 33.1 Å². The van der Waals surface area contributed by atoms with Gasteiger partial charge in [0, 0.05) is 24.7 Å². The third kappa shape index (κ3) is 4.19. The van der Waals surface area contributed by atoms with Gasteiger partial charge in [0.15, 0.2) is 0 Å². The number of aryl methyl sites for hydroxylation is 1. The van der Waals surface area contributed by atoms with Gasteiger partial charge in [-0.1, -0.05) is 6.07 Å². The minimum atomic E-state index is -0.148. The van der Waals surface area contributed by atoms with Gasteiger partial charge in [0.1, 0.15) is 10.6 Å². The van der Waals surface area contributed by atoms with Crippen LogP contribution in [0.2, 0.25) is 0 Å². The van der Waals surface area contributed by atoms with E-state index in [4.69, 9.17) is 4.74 Å². The molecule has 1 aliphatic carbocycles. The maximum Gasteiger partial charge on any atom is 0.262 e. The minimum absolute atomic E-state index is 0.110. The molecule has 0 unspecified atom stereocenters. The van der Waals surface area contributed by atoms with Gasteiger partial charge in [0.25, 0.3) is 5.56 Å². The molecule has 6 nitrogen and oxygen atoms in total. The number of benzene rings is 1. The summed E-state index contributed by atoms with van der Waals surface area (Å²) in [6.07, 6.45) is 6.60. The second kappa shape index (κ2) is 7.92. The number of hydrogen-bond acceptors (Lipinski definition) is 5. The molecule has 2 heterocycles. The molecule has 1 N–H and O–H groups in total. The second-order valence-corrected chi connectivity index (χ2v) is 7.63. The highest BCUT2D eigenvalue weighted by Crippen LogP contribution is 2.25. The van der Waals surface area contributed by atoms with Gasteiger partial charge in [-0.3, -0.25) is 14.2 Å². The molecular weight excluding hydrogens is 362 g/mol. The largest absolute Gasteiger partial charge is 0.490 e. The third-order valence-electron chi connectivity index (χ3n) is 4.75. The summed E-state index contributed by atoms with van der Waals surface area (Å²) in [4.78, 5) is 29.6. The molecule has 27 heavy (non-hydrogen) atoms. The molecule has 1 aliphatic rings. The van der Waals surface area contributed by atoms with E-state index < -0.39 is 0 Å². The number of anilines is 1. The normalized spacial score (nSPS) is 14.5. The second-order valence-electron chi connectivity index (χ2n) is 6.73. The maximum absolute atomic E-state index is 12.4. The van der Waals surface area contributed by atoms with E-state index in [1.807, 2.05) is 29.6 Å². The number of carbonyl (C=O) groups excluding carboxylic acids is 1. The summed E-state index contributed by atoms with van der Waals surface area (Å²) >= 11 is 1.43. The van der Waals surface area contributed by atoms with E-state index in [0.717, 1.165) is 23.4 Å². The summed E-state index contributed by atoms with van der Waals surface area (Å²) < 4.78 is 7.45. The van der Waals surface area contributed by atoms with Crippen molar-refractivity contribution in [2.24, 2.45) is 0 Å². The highest BCUT2D eigenvalue weighted by Gasteiger charge is 2.16. The highest BCUT2D eigenvalue weighted by molar-refractivity contribution is 7.16. The van der Waals surface area contributed by atoms with E-state index >= 15 is 0 Å². The number of hydrogen-bond donors (Lipinski definition) is 1. The quantitative estimate of drug-likeness (QED) is 0.702. The van der Waals surface area contributed by atoms with Crippen molar-refractivity contribution in [3.05, 3.63) is 52.4 Å². The Labute approximate surface area is 160 Å². The van der Waals surface area contributed by atoms with Crippen LogP contribution in [-0.2, 0) is 11.3 Å². The van der Waals surface area contributed by atoms with E-state index in [1.54, 1.807) is 6.07 Å². The topological polar surface area (TPSA) is 73.2 Å². The smallest absolute Gasteiger partial charge is 0.262 e. The molecule has 0 atom stereocenters. The van der Waals surface area contributed by atoms with Gasteiger partial charge in [-0.05, 0) is 49.3 Å². The standard InChI is InChI=1S/C20H21N3O3S/c24-18(8-10-23-13-21-19-17(20(23)25)9-11-27-19)22-14-4-3-7-16(12-14)26-15-5-1-2-6-15/h3-4,7,9,11-13,15H,1-2,5-6,8,10H2,(H,22,24). The van der Waals surface area contributed by atoms with Gasteiger partial charge in [-0.2, -0.15) is 0 Å². The Morgan fingerprint density at radius 1 is 1.30 bits per heavy atom. The van der Waals surface area contributed by atoms with E-state index in [9.17, 15) is 9.59 Å². The van der Waals surface area contributed by atoms with Gasteiger partial charge in [-0.15, -0.1) is 11.3 Å². The Morgan fingerprint density at radius 3 is 3.00 bits per heavy atom. The van der Waals surface area contributed by atoms with Crippen molar-refractivity contribution in [1.29, 1.82) is 0 Å². The maximum atomic E-state index is 12.4. The minimum Gasteiger partial charge on any atom is -0.490 e. The van der Waals surface area contributed by atoms with Crippen LogP contribution in [-0.4, -0.2) is 21.6 Å². The Balaban J connectivity index is 1.36. The zero-order valence-corrected chi connectivity index (χ0v) is 15.7. The summed E-state index contributed by atoms with van der Waals surface area (Å²) in [7, 11) is 0. The zero-order valence-electron chi connectivity index (χ0n) is 14.9. The first-order chi connectivity index (χ1) is 13.2. The van der Waals surface area contributed by atoms with E-state index in [-0.39, 0.29) is 24.0 Å². The van der Waals surface area contributed by atoms with Crippen molar-refractivity contribution in [1.82, 2.24) is 9.55 Å². The van der Waals surface area contributed by atoms with Crippen LogP contribution in [0.3, 0.4) is 0 Å². The first kappa shape index (κ1) is 17.7. The lowest BCUT2D eigenvalue weighted by molar-refractivity contribution is -0.116. The fraction of sp³-hybridized carbons (Fsp3) is 0.350. The lowest BCUT2D eigenvalue weighted by Gasteiger charge is -2.14. The molecule has 0 bridgehead atoms. The molecule has 1 aromatic carbocycles. The van der Waals surface area contributed by atoms with Crippen molar-refractivity contribution in [3.63, 3.8) is 0 Å². The number of thiophene rings is 1. The molecule has 0 saturated heterocycles. The molecule has 1 saturated carbocycles. The number of rotatable bonds is 6. The predicted molar refractivity (Wildman–Crippen MR) is 106 cm³/mol. The van der Waals surface area contributed by atoms with Crippen molar-refractivity contribution in [2.45, 2.75) is 44.8 Å². The van der Waals surface area contributed by atoms with Crippen molar-refractivity contribution < 1.29 is 9.53 Å². The molecule has 140 valence electrons. The Bertz CT molecular complexity index is 1000. The van der Waals surface area contributed by atoms with Crippen molar-refractivity contribution in [3.8, 4) is 5.75 Å². The molecule has 1 fully saturated rings. The Kier molecular flexibility index (Phi) is 5.20. The van der Waals surface area contributed by atoms with Gasteiger partial charge in [0.2, 0.25) is 5.91 Å². The SMILES string of the molecule is O=C(CCn1cnc2sccc2c1=O)Nc1cccc(OC2CCCC2)c1. The van der Waals surface area contributed by atoms with Gasteiger partial charge < -0.3 is 10.1 Å². The molecule has 2 aromatic heterocycles.